The molecule has 2 aromatic heterocycles. The van der Waals surface area contributed by atoms with Gasteiger partial charge in [0.25, 0.3) is 0 Å². The van der Waals surface area contributed by atoms with Gasteiger partial charge in [-0.15, -0.1) is 42.0 Å². The molecule has 0 aliphatic rings. The Hall–Kier alpha value is -4.27. The van der Waals surface area contributed by atoms with E-state index >= 15 is 0 Å². The van der Waals surface area contributed by atoms with Gasteiger partial charge in [-0.1, -0.05) is 48.2 Å². The number of aromatic nitrogens is 3. The Morgan fingerprint density at radius 2 is 1.52 bits per heavy atom. The first-order valence-corrected chi connectivity index (χ1v) is 13.1. The third-order valence-corrected chi connectivity index (χ3v) is 6.77. The number of rotatable bonds is 7. The summed E-state index contributed by atoms with van der Waals surface area (Å²) in [7, 11) is 0. The molecule has 0 aliphatic heterocycles. The fraction of sp³-hybridized carbons (Fsp3) is 0.0857. The number of aryl methyl sites for hydroxylation is 2. The van der Waals surface area contributed by atoms with Crippen LogP contribution < -0.4 is 4.90 Å². The van der Waals surface area contributed by atoms with Gasteiger partial charge in [-0.2, -0.15) is 23.8 Å². The minimum absolute atomic E-state index is 0. The predicted octanol–water partition coefficient (Wildman–Crippen LogP) is 8.21. The third kappa shape index (κ3) is 5.68. The van der Waals surface area contributed by atoms with Crippen molar-refractivity contribution in [1.29, 1.82) is 0 Å². The van der Waals surface area contributed by atoms with Crippen LogP contribution >= 0.6 is 0 Å². The molecule has 4 aromatic carbocycles. The number of pyridine rings is 1. The summed E-state index contributed by atoms with van der Waals surface area (Å²) in [5.74, 6) is 1.80. The summed E-state index contributed by atoms with van der Waals surface area (Å²) < 4.78 is 2.23. The van der Waals surface area contributed by atoms with E-state index in [9.17, 15) is 0 Å². The molecule has 0 aliphatic carbocycles. The Morgan fingerprint density at radius 3 is 2.25 bits per heavy atom. The first-order valence-electron chi connectivity index (χ1n) is 13.1. The van der Waals surface area contributed by atoms with Crippen molar-refractivity contribution in [2.45, 2.75) is 20.3 Å². The van der Waals surface area contributed by atoms with Gasteiger partial charge in [0.15, 0.2) is 0 Å². The van der Waals surface area contributed by atoms with Crippen molar-refractivity contribution in [3.05, 3.63) is 156 Å². The molecule has 198 valence electrons. The van der Waals surface area contributed by atoms with Crippen molar-refractivity contribution < 1.29 is 21.1 Å². The van der Waals surface area contributed by atoms with Gasteiger partial charge in [-0.25, -0.2) is 4.98 Å². The summed E-state index contributed by atoms with van der Waals surface area (Å²) >= 11 is 0. The van der Waals surface area contributed by atoms with E-state index in [1.54, 1.807) is 0 Å². The van der Waals surface area contributed by atoms with Gasteiger partial charge in [-0.3, -0.25) is 4.98 Å². The zero-order valence-corrected chi connectivity index (χ0v) is 24.6. The maximum absolute atomic E-state index is 5.11. The first kappa shape index (κ1) is 27.3. The van der Waals surface area contributed by atoms with Gasteiger partial charge in [0.05, 0.1) is 5.69 Å². The maximum Gasteiger partial charge on any atom is 2.00 e. The SMILES string of the molecule is Cc1cccc(C)c1-n1cc(-c2[c-]cccc2)nc1Cc1[c-]c(N(c2ccccc2)c2ccccn2)ccc1.[Pt+2]. The van der Waals surface area contributed by atoms with Crippen molar-refractivity contribution in [3.8, 4) is 16.9 Å². The molecule has 0 amide bonds. The van der Waals surface area contributed by atoms with Gasteiger partial charge in [0.2, 0.25) is 0 Å². The van der Waals surface area contributed by atoms with Crippen LogP contribution in [0.1, 0.15) is 22.5 Å². The minimum Gasteiger partial charge on any atom is -0.319 e. The van der Waals surface area contributed by atoms with Gasteiger partial charge in [-0.05, 0) is 55.4 Å². The molecule has 0 N–H and O–H groups in total. The molecule has 0 radical (unpaired) electrons. The average Bonchev–Trinajstić information content (AvgIpc) is 3.38. The van der Waals surface area contributed by atoms with E-state index in [0.29, 0.717) is 6.42 Å². The summed E-state index contributed by atoms with van der Waals surface area (Å²) in [6, 6.07) is 43.9. The number of anilines is 3. The molecule has 2 heterocycles. The van der Waals surface area contributed by atoms with Crippen molar-refractivity contribution in [3.63, 3.8) is 0 Å². The van der Waals surface area contributed by atoms with Gasteiger partial charge >= 0.3 is 21.1 Å². The summed E-state index contributed by atoms with van der Waals surface area (Å²) in [5, 5.41) is 0. The van der Waals surface area contributed by atoms with Gasteiger partial charge in [0.1, 0.15) is 11.6 Å². The van der Waals surface area contributed by atoms with E-state index in [1.165, 1.54) is 11.1 Å². The molecule has 0 unspecified atom stereocenters. The Balaban J connectivity index is 0.00000323. The van der Waals surface area contributed by atoms with Crippen LogP contribution in [0, 0.1) is 26.0 Å². The van der Waals surface area contributed by atoms with Crippen LogP contribution in [0.4, 0.5) is 17.2 Å². The zero-order chi connectivity index (χ0) is 26.6. The smallest absolute Gasteiger partial charge is 0.319 e. The fourth-order valence-corrected chi connectivity index (χ4v) is 4.97. The monoisotopic (exact) mass is 699 g/mol. The molecule has 0 saturated carbocycles. The van der Waals surface area contributed by atoms with E-state index in [0.717, 1.165) is 45.5 Å². The van der Waals surface area contributed by atoms with E-state index in [1.807, 2.05) is 60.8 Å². The van der Waals surface area contributed by atoms with Gasteiger partial charge < -0.3 is 9.47 Å². The summed E-state index contributed by atoms with van der Waals surface area (Å²) in [4.78, 5) is 11.9. The molecule has 0 saturated heterocycles. The Morgan fingerprint density at radius 1 is 0.775 bits per heavy atom. The Labute approximate surface area is 250 Å². The number of imidazole rings is 1. The molecule has 0 spiro atoms. The Kier molecular flexibility index (Phi) is 8.38. The maximum atomic E-state index is 5.11. The first-order chi connectivity index (χ1) is 19.2. The molecule has 6 aromatic rings. The topological polar surface area (TPSA) is 34.0 Å². The number of nitrogens with zero attached hydrogens (tertiary/aromatic N) is 4. The van der Waals surface area contributed by atoms with Gasteiger partial charge in [0, 0.05) is 24.0 Å². The van der Waals surface area contributed by atoms with Crippen LogP contribution in [-0.2, 0) is 27.5 Å². The molecule has 0 fully saturated rings. The molecule has 4 nitrogen and oxygen atoms in total. The average molecular weight is 700 g/mol. The van der Waals surface area contributed by atoms with E-state index in [-0.39, 0.29) is 21.1 Å². The fourth-order valence-electron chi connectivity index (χ4n) is 4.97. The minimum atomic E-state index is 0. The van der Waals surface area contributed by atoms with Crippen LogP contribution in [0.3, 0.4) is 0 Å². The Bertz CT molecular complexity index is 1640. The second-order valence-electron chi connectivity index (χ2n) is 9.53. The van der Waals surface area contributed by atoms with Crippen molar-refractivity contribution >= 4 is 17.2 Å². The molecule has 40 heavy (non-hydrogen) atoms. The van der Waals surface area contributed by atoms with E-state index in [4.69, 9.17) is 4.98 Å². The largest absolute Gasteiger partial charge is 2.00 e. The summed E-state index contributed by atoms with van der Waals surface area (Å²) in [6.07, 6.45) is 4.57. The standard InChI is InChI=1S/C35H28N4.Pt/c1-26-13-11-14-27(2)35(26)38-25-32(29-16-5-3-6-17-29)37-34(38)24-28-15-12-20-31(23-28)39(30-18-7-4-8-19-30)33-21-9-10-22-36-33;/h3-16,18-22,25H,24H2,1-2H3;/q-2;+2. The second kappa shape index (κ2) is 12.3. The summed E-state index contributed by atoms with van der Waals surface area (Å²) in [5.41, 5.74) is 8.47. The van der Waals surface area contributed by atoms with Crippen LogP contribution in [0.15, 0.2) is 122 Å². The van der Waals surface area contributed by atoms with Crippen molar-refractivity contribution in [2.75, 3.05) is 4.90 Å². The molecular weight excluding hydrogens is 671 g/mol. The number of hydrogen-bond acceptors (Lipinski definition) is 3. The molecule has 6 rings (SSSR count). The van der Waals surface area contributed by atoms with Crippen LogP contribution in [-0.4, -0.2) is 14.5 Å². The normalized spacial score (nSPS) is 10.7. The number of para-hydroxylation sites is 2. The number of benzene rings is 4. The zero-order valence-electron chi connectivity index (χ0n) is 22.4. The van der Waals surface area contributed by atoms with Crippen LogP contribution in [0.5, 0.6) is 0 Å². The molecular formula is C35H28N4Pt. The van der Waals surface area contributed by atoms with Crippen molar-refractivity contribution in [1.82, 2.24) is 14.5 Å². The molecule has 0 bridgehead atoms. The number of hydrogen-bond donors (Lipinski definition) is 0. The quantitative estimate of drug-likeness (QED) is 0.158. The molecule has 0 atom stereocenters. The summed E-state index contributed by atoms with van der Waals surface area (Å²) in [6.45, 7) is 4.30. The van der Waals surface area contributed by atoms with Crippen molar-refractivity contribution in [2.24, 2.45) is 0 Å². The second-order valence-corrected chi connectivity index (χ2v) is 9.53. The van der Waals surface area contributed by atoms with Crippen LogP contribution in [0.2, 0.25) is 0 Å². The molecule has 5 heteroatoms. The third-order valence-electron chi connectivity index (χ3n) is 6.77. The van der Waals surface area contributed by atoms with E-state index < -0.39 is 0 Å². The van der Waals surface area contributed by atoms with E-state index in [2.05, 4.69) is 101 Å². The van der Waals surface area contributed by atoms with Crippen LogP contribution in [0.25, 0.3) is 16.9 Å². The predicted molar refractivity (Wildman–Crippen MR) is 158 cm³/mol.